The normalized spacial score (nSPS) is 22.0. The van der Waals surface area contributed by atoms with Crippen LogP contribution in [-0.2, 0) is 4.79 Å². The highest BCUT2D eigenvalue weighted by atomic mass is 35.5. The van der Waals surface area contributed by atoms with Crippen molar-refractivity contribution in [2.45, 2.75) is 29.5 Å². The third kappa shape index (κ3) is 4.44. The highest BCUT2D eigenvalue weighted by molar-refractivity contribution is 6.54. The summed E-state index contributed by atoms with van der Waals surface area (Å²) in [6.07, 6.45) is 1.48. The van der Waals surface area contributed by atoms with Crippen molar-refractivity contribution in [3.8, 4) is 6.07 Å². The lowest BCUT2D eigenvalue weighted by Gasteiger charge is -2.10. The quantitative estimate of drug-likeness (QED) is 0.227. The summed E-state index contributed by atoms with van der Waals surface area (Å²) < 4.78 is -1.36. The lowest BCUT2D eigenvalue weighted by Crippen LogP contribution is -2.17. The molecule has 2 saturated carbocycles. The molecule has 0 bridgehead atoms. The number of nitrogens with zero attached hydrogens (tertiary/aromatic N) is 1. The molecule has 2 aliphatic carbocycles. The van der Waals surface area contributed by atoms with Gasteiger partial charge in [0.2, 0.25) is 5.91 Å². The molecule has 0 saturated heterocycles. The fraction of sp³-hybridized carbons (Fsp3) is 0.318. The first-order chi connectivity index (χ1) is 15.0. The van der Waals surface area contributed by atoms with Gasteiger partial charge in [0.15, 0.2) is 5.78 Å². The number of ketones is 1. The minimum Gasteiger partial charge on any atom is -0.326 e. The van der Waals surface area contributed by atoms with Crippen molar-refractivity contribution in [1.82, 2.24) is 0 Å². The Balaban J connectivity index is 1.52. The van der Waals surface area contributed by atoms with Gasteiger partial charge in [-0.05, 0) is 48.7 Å². The number of hydrogen-bond acceptors (Lipinski definition) is 3. The Bertz CT molecular complexity index is 1160. The maximum atomic E-state index is 12.9. The highest BCUT2D eigenvalue weighted by Crippen LogP contribution is 2.65. The van der Waals surface area contributed by atoms with E-state index in [1.807, 2.05) is 0 Å². The van der Waals surface area contributed by atoms with E-state index in [1.165, 1.54) is 12.1 Å². The number of anilines is 1. The van der Waals surface area contributed by atoms with E-state index >= 15 is 0 Å². The molecule has 4 nitrogen and oxygen atoms in total. The minimum atomic E-state index is -1.36. The van der Waals surface area contributed by atoms with E-state index in [2.05, 4.69) is 11.4 Å². The number of nitrogens with one attached hydrogen (secondary N) is 1. The maximum absolute atomic E-state index is 12.9. The molecule has 0 aliphatic heterocycles. The van der Waals surface area contributed by atoms with Gasteiger partial charge in [-0.2, -0.15) is 5.26 Å². The van der Waals surface area contributed by atoms with Gasteiger partial charge in [-0.1, -0.05) is 46.4 Å². The maximum Gasteiger partial charge on any atom is 0.231 e. The number of hydrogen-bond donors (Lipinski definition) is 1. The van der Waals surface area contributed by atoms with Gasteiger partial charge in [0.1, 0.15) is 4.33 Å². The molecule has 1 amide bonds. The lowest BCUT2D eigenvalue weighted by molar-refractivity contribution is -0.117. The monoisotopic (exact) mass is 548 g/mol. The number of carbonyl (C=O) groups excluding carboxylic acids is 2. The number of amides is 1. The van der Waals surface area contributed by atoms with Gasteiger partial charge in [0.25, 0.3) is 0 Å². The standard InChI is InChI=1S/C22H14Cl6N2O2/c23-13-2-1-11(7-12(13)16(31)8-21(9-29)3-4-21)30-20(32)18-17(22(18,27)28)10-5-14(24)19(26)15(25)6-10/h1-2,5-7,17-18H,3-4,8H2,(H,30,32)/t17-,18+/m1/s1. The van der Waals surface area contributed by atoms with Crippen molar-refractivity contribution in [3.63, 3.8) is 0 Å². The van der Waals surface area contributed by atoms with Crippen LogP contribution in [0.4, 0.5) is 5.69 Å². The van der Waals surface area contributed by atoms with E-state index in [4.69, 9.17) is 69.6 Å². The SMILES string of the molecule is N#CC1(CC(=O)c2cc(NC(=O)[C@@H]3[C@@H](c4cc(Cl)c(Cl)c(Cl)c4)C3(Cl)Cl)ccc2Cl)CC1. The molecule has 0 radical (unpaired) electrons. The summed E-state index contributed by atoms with van der Waals surface area (Å²) in [5.41, 5.74) is 0.607. The molecule has 2 aromatic carbocycles. The summed E-state index contributed by atoms with van der Waals surface area (Å²) in [6, 6.07) is 9.94. The van der Waals surface area contributed by atoms with Crippen LogP contribution in [0.2, 0.25) is 20.1 Å². The smallest absolute Gasteiger partial charge is 0.231 e. The molecule has 4 rings (SSSR count). The molecule has 10 heteroatoms. The van der Waals surface area contributed by atoms with E-state index < -0.39 is 27.5 Å². The summed E-state index contributed by atoms with van der Waals surface area (Å²) >= 11 is 37.2. The van der Waals surface area contributed by atoms with E-state index in [1.54, 1.807) is 18.2 Å². The third-order valence-electron chi connectivity index (χ3n) is 5.83. The Morgan fingerprint density at radius 1 is 1.03 bits per heavy atom. The summed E-state index contributed by atoms with van der Waals surface area (Å²) in [6.45, 7) is 0. The Morgan fingerprint density at radius 3 is 2.22 bits per heavy atom. The number of carbonyl (C=O) groups is 2. The van der Waals surface area contributed by atoms with Gasteiger partial charge < -0.3 is 5.32 Å². The van der Waals surface area contributed by atoms with E-state index in [0.717, 1.165) is 0 Å². The molecule has 2 atom stereocenters. The van der Waals surface area contributed by atoms with Crippen LogP contribution in [0, 0.1) is 22.7 Å². The number of rotatable bonds is 6. The Labute approximate surface area is 214 Å². The molecule has 0 heterocycles. The molecule has 2 aromatic rings. The first-order valence-electron chi connectivity index (χ1n) is 9.56. The molecule has 2 fully saturated rings. The van der Waals surface area contributed by atoms with Crippen molar-refractivity contribution in [3.05, 3.63) is 61.5 Å². The van der Waals surface area contributed by atoms with Crippen LogP contribution < -0.4 is 5.32 Å². The van der Waals surface area contributed by atoms with E-state index in [9.17, 15) is 14.9 Å². The topological polar surface area (TPSA) is 70.0 Å². The Kier molecular flexibility index (Phi) is 6.40. The van der Waals surface area contributed by atoms with Gasteiger partial charge in [-0.3, -0.25) is 9.59 Å². The van der Waals surface area contributed by atoms with Crippen molar-refractivity contribution >= 4 is 87.0 Å². The molecule has 166 valence electrons. The zero-order chi connectivity index (χ0) is 23.4. The average Bonchev–Trinajstić information content (AvgIpc) is 3.62. The summed E-state index contributed by atoms with van der Waals surface area (Å²) in [5.74, 6) is -2.00. The first kappa shape index (κ1) is 24.0. The van der Waals surface area contributed by atoms with Gasteiger partial charge >= 0.3 is 0 Å². The molecule has 1 N–H and O–H groups in total. The number of benzene rings is 2. The van der Waals surface area contributed by atoms with Crippen molar-refractivity contribution in [2.24, 2.45) is 11.3 Å². The third-order valence-corrected chi connectivity index (χ3v) is 8.29. The summed E-state index contributed by atoms with van der Waals surface area (Å²) in [7, 11) is 0. The second-order valence-electron chi connectivity index (χ2n) is 8.10. The molecule has 32 heavy (non-hydrogen) atoms. The fourth-order valence-corrected chi connectivity index (χ4v) is 5.40. The van der Waals surface area contributed by atoms with Crippen LogP contribution in [0.5, 0.6) is 0 Å². The second-order valence-corrected chi connectivity index (χ2v) is 11.1. The van der Waals surface area contributed by atoms with Gasteiger partial charge in [-0.25, -0.2) is 0 Å². The number of alkyl halides is 2. The molecule has 0 aromatic heterocycles. The fourth-order valence-electron chi connectivity index (χ4n) is 3.74. The average molecular weight is 551 g/mol. The van der Waals surface area contributed by atoms with Crippen molar-refractivity contribution in [1.29, 1.82) is 5.26 Å². The zero-order valence-corrected chi connectivity index (χ0v) is 20.7. The number of Topliss-reactive ketones (excluding diaryl/α,β-unsaturated/α-hetero) is 1. The van der Waals surface area contributed by atoms with Gasteiger partial charge in [0, 0.05) is 23.6 Å². The Morgan fingerprint density at radius 2 is 1.66 bits per heavy atom. The lowest BCUT2D eigenvalue weighted by atomic mass is 9.96. The van der Waals surface area contributed by atoms with Crippen LogP contribution in [0.3, 0.4) is 0 Å². The Hall–Kier alpha value is -1.19. The van der Waals surface area contributed by atoms with Gasteiger partial charge in [-0.15, -0.1) is 23.2 Å². The van der Waals surface area contributed by atoms with E-state index in [0.29, 0.717) is 24.1 Å². The minimum absolute atomic E-state index is 0.0931. The van der Waals surface area contributed by atoms with Crippen molar-refractivity contribution in [2.75, 3.05) is 5.32 Å². The molecule has 2 aliphatic rings. The predicted octanol–water partition coefficient (Wildman–Crippen LogP) is 7.70. The second kappa shape index (κ2) is 8.55. The van der Waals surface area contributed by atoms with E-state index in [-0.39, 0.29) is 37.9 Å². The van der Waals surface area contributed by atoms with Crippen LogP contribution in [0.25, 0.3) is 0 Å². The number of nitriles is 1. The van der Waals surface area contributed by atoms with Crippen LogP contribution in [-0.4, -0.2) is 16.0 Å². The zero-order valence-electron chi connectivity index (χ0n) is 16.2. The molecular formula is C22H14Cl6N2O2. The molecular weight excluding hydrogens is 537 g/mol. The van der Waals surface area contributed by atoms with Crippen LogP contribution in [0.1, 0.15) is 41.1 Å². The first-order valence-corrected chi connectivity index (χ1v) is 11.8. The number of halogens is 6. The summed E-state index contributed by atoms with van der Waals surface area (Å²) in [5, 5.41) is 12.9. The van der Waals surface area contributed by atoms with Gasteiger partial charge in [0.05, 0.1) is 37.5 Å². The largest absolute Gasteiger partial charge is 0.326 e. The highest BCUT2D eigenvalue weighted by Gasteiger charge is 2.67. The molecule has 0 spiro atoms. The summed E-state index contributed by atoms with van der Waals surface area (Å²) in [4.78, 5) is 25.6. The van der Waals surface area contributed by atoms with Crippen molar-refractivity contribution < 1.29 is 9.59 Å². The van der Waals surface area contributed by atoms with Crippen LogP contribution >= 0.6 is 69.6 Å². The predicted molar refractivity (Wildman–Crippen MR) is 128 cm³/mol. The van der Waals surface area contributed by atoms with Crippen LogP contribution in [0.15, 0.2) is 30.3 Å². The molecule has 0 unspecified atom stereocenters.